The zero-order chi connectivity index (χ0) is 12.5. The van der Waals surface area contributed by atoms with Crippen LogP contribution in [0.3, 0.4) is 0 Å². The number of hydrogen-bond acceptors (Lipinski definition) is 3. The summed E-state index contributed by atoms with van der Waals surface area (Å²) in [6.45, 7) is 2.42. The van der Waals surface area contributed by atoms with E-state index in [-0.39, 0.29) is 17.4 Å². The van der Waals surface area contributed by atoms with Crippen molar-refractivity contribution < 1.29 is 4.79 Å². The normalized spacial score (nSPS) is 19.5. The molecule has 1 aliphatic carbocycles. The van der Waals surface area contributed by atoms with Crippen molar-refractivity contribution in [3.8, 4) is 0 Å². The topological polar surface area (TPSA) is 55.1 Å². The maximum Gasteiger partial charge on any atom is 0.227 e. The summed E-state index contributed by atoms with van der Waals surface area (Å²) in [5.41, 5.74) is 5.40. The summed E-state index contributed by atoms with van der Waals surface area (Å²) in [7, 11) is 0. The van der Waals surface area contributed by atoms with E-state index >= 15 is 0 Å². The van der Waals surface area contributed by atoms with Crippen LogP contribution < -0.4 is 11.1 Å². The third kappa shape index (κ3) is 2.49. The zero-order valence-electron chi connectivity index (χ0n) is 9.83. The number of halogens is 1. The van der Waals surface area contributed by atoms with Gasteiger partial charge in [-0.25, -0.2) is 0 Å². The second kappa shape index (κ2) is 4.96. The van der Waals surface area contributed by atoms with Crippen molar-refractivity contribution in [2.45, 2.75) is 32.2 Å². The molecule has 94 valence electrons. The van der Waals surface area contributed by atoms with Gasteiger partial charge < -0.3 is 11.1 Å². The Hall–Kier alpha value is -0.580. The smallest absolute Gasteiger partial charge is 0.227 e. The molecule has 1 aromatic heterocycles. The second-order valence-corrected chi connectivity index (χ2v) is 6.42. The molecule has 0 aromatic carbocycles. The number of amides is 1. The maximum absolute atomic E-state index is 12.1. The molecule has 3 N–H and O–H groups in total. The summed E-state index contributed by atoms with van der Waals surface area (Å²) >= 11 is 7.38. The Balaban J connectivity index is 1.99. The Morgan fingerprint density at radius 2 is 2.35 bits per heavy atom. The number of thiophene rings is 1. The van der Waals surface area contributed by atoms with Gasteiger partial charge in [0.2, 0.25) is 5.91 Å². The molecule has 0 aliphatic heterocycles. The van der Waals surface area contributed by atoms with Crippen LogP contribution in [-0.2, 0) is 4.79 Å². The van der Waals surface area contributed by atoms with Crippen LogP contribution in [0.1, 0.15) is 37.1 Å². The molecule has 3 nitrogen and oxygen atoms in total. The lowest BCUT2D eigenvalue weighted by atomic mass is 9.68. The highest BCUT2D eigenvalue weighted by molar-refractivity contribution is 7.16. The fraction of sp³-hybridized carbons (Fsp3) is 0.583. The number of carbonyl (C=O) groups is 1. The van der Waals surface area contributed by atoms with Crippen LogP contribution in [0.2, 0.25) is 4.34 Å². The highest BCUT2D eigenvalue weighted by Crippen LogP contribution is 2.40. The molecule has 0 spiro atoms. The van der Waals surface area contributed by atoms with Crippen molar-refractivity contribution in [3.63, 3.8) is 0 Å². The molecule has 1 fully saturated rings. The summed E-state index contributed by atoms with van der Waals surface area (Å²) in [6.07, 6.45) is 2.92. The molecule has 5 heteroatoms. The van der Waals surface area contributed by atoms with Gasteiger partial charge in [0.05, 0.1) is 15.8 Å². The molecule has 17 heavy (non-hydrogen) atoms. The van der Waals surface area contributed by atoms with E-state index in [1.165, 1.54) is 11.3 Å². The fourth-order valence-corrected chi connectivity index (χ4v) is 3.17. The van der Waals surface area contributed by atoms with Crippen LogP contribution in [0.15, 0.2) is 12.1 Å². The van der Waals surface area contributed by atoms with Crippen LogP contribution in [0, 0.1) is 5.41 Å². The second-order valence-electron chi connectivity index (χ2n) is 4.68. The van der Waals surface area contributed by atoms with E-state index in [0.717, 1.165) is 28.5 Å². The van der Waals surface area contributed by atoms with E-state index in [1.54, 1.807) is 0 Å². The molecular weight excluding hydrogens is 256 g/mol. The zero-order valence-corrected chi connectivity index (χ0v) is 11.4. The minimum atomic E-state index is -0.310. The predicted octanol–water partition coefficient (Wildman–Crippen LogP) is 2.71. The van der Waals surface area contributed by atoms with E-state index in [0.29, 0.717) is 6.54 Å². The molecule has 1 aliphatic rings. The summed E-state index contributed by atoms with van der Waals surface area (Å²) in [5.74, 6) is 0.0864. The number of nitrogens with two attached hydrogens (primary N) is 1. The van der Waals surface area contributed by atoms with Crippen LogP contribution in [0.25, 0.3) is 0 Å². The number of nitrogens with one attached hydrogen (secondary N) is 1. The Labute approximate surface area is 110 Å². The Morgan fingerprint density at radius 3 is 2.76 bits per heavy atom. The lowest BCUT2D eigenvalue weighted by Crippen LogP contribution is -2.50. The Kier molecular flexibility index (Phi) is 3.76. The lowest BCUT2D eigenvalue weighted by Gasteiger charge is -2.39. The van der Waals surface area contributed by atoms with Gasteiger partial charge in [-0.15, -0.1) is 11.3 Å². The third-order valence-electron chi connectivity index (χ3n) is 3.55. The van der Waals surface area contributed by atoms with E-state index in [2.05, 4.69) is 5.32 Å². The van der Waals surface area contributed by atoms with Gasteiger partial charge >= 0.3 is 0 Å². The monoisotopic (exact) mass is 272 g/mol. The van der Waals surface area contributed by atoms with E-state index < -0.39 is 0 Å². The molecule has 1 aromatic rings. The van der Waals surface area contributed by atoms with E-state index in [1.807, 2.05) is 19.1 Å². The summed E-state index contributed by atoms with van der Waals surface area (Å²) < 4.78 is 0.748. The van der Waals surface area contributed by atoms with Crippen molar-refractivity contribution in [1.29, 1.82) is 0 Å². The van der Waals surface area contributed by atoms with E-state index in [4.69, 9.17) is 17.3 Å². The molecule has 2 rings (SSSR count). The van der Waals surface area contributed by atoms with Crippen LogP contribution in [-0.4, -0.2) is 12.5 Å². The molecule has 1 heterocycles. The molecule has 1 saturated carbocycles. The quantitative estimate of drug-likeness (QED) is 0.885. The minimum absolute atomic E-state index is 0.00373. The summed E-state index contributed by atoms with van der Waals surface area (Å²) in [4.78, 5) is 13.2. The first kappa shape index (κ1) is 12.9. The molecule has 0 saturated heterocycles. The SMILES string of the molecule is CC(NC(=O)C1(CN)CCC1)c1ccc(Cl)s1. The fourth-order valence-electron chi connectivity index (χ4n) is 2.11. The van der Waals surface area contributed by atoms with Crippen molar-refractivity contribution in [2.75, 3.05) is 6.54 Å². The van der Waals surface area contributed by atoms with Gasteiger partial charge in [0.1, 0.15) is 0 Å². The van der Waals surface area contributed by atoms with Gasteiger partial charge in [-0.05, 0) is 31.9 Å². The van der Waals surface area contributed by atoms with Gasteiger partial charge in [-0.1, -0.05) is 18.0 Å². The van der Waals surface area contributed by atoms with Crippen molar-refractivity contribution in [1.82, 2.24) is 5.32 Å². The van der Waals surface area contributed by atoms with Gasteiger partial charge in [-0.2, -0.15) is 0 Å². The number of hydrogen-bond donors (Lipinski definition) is 2. The van der Waals surface area contributed by atoms with Gasteiger partial charge in [0.25, 0.3) is 0 Å². The Bertz CT molecular complexity index is 409. The van der Waals surface area contributed by atoms with Gasteiger partial charge in [0, 0.05) is 11.4 Å². The molecule has 0 radical (unpaired) electrons. The first-order chi connectivity index (χ1) is 8.07. The Morgan fingerprint density at radius 1 is 1.65 bits per heavy atom. The molecular formula is C12H17ClN2OS. The van der Waals surface area contributed by atoms with Crippen molar-refractivity contribution in [2.24, 2.45) is 11.1 Å². The summed E-state index contributed by atoms with van der Waals surface area (Å²) in [6, 6.07) is 3.81. The average molecular weight is 273 g/mol. The third-order valence-corrected chi connectivity index (χ3v) is 4.97. The van der Waals surface area contributed by atoms with Crippen molar-refractivity contribution >= 4 is 28.8 Å². The highest BCUT2D eigenvalue weighted by Gasteiger charge is 2.43. The van der Waals surface area contributed by atoms with Crippen molar-refractivity contribution in [3.05, 3.63) is 21.3 Å². The largest absolute Gasteiger partial charge is 0.348 e. The lowest BCUT2D eigenvalue weighted by molar-refractivity contribution is -0.135. The molecule has 1 unspecified atom stereocenters. The minimum Gasteiger partial charge on any atom is -0.348 e. The van der Waals surface area contributed by atoms with Crippen LogP contribution in [0.4, 0.5) is 0 Å². The van der Waals surface area contributed by atoms with Gasteiger partial charge in [0.15, 0.2) is 0 Å². The first-order valence-corrected chi connectivity index (χ1v) is 7.03. The van der Waals surface area contributed by atoms with Crippen LogP contribution in [0.5, 0.6) is 0 Å². The van der Waals surface area contributed by atoms with Gasteiger partial charge in [-0.3, -0.25) is 4.79 Å². The number of carbonyl (C=O) groups excluding carboxylic acids is 1. The maximum atomic E-state index is 12.1. The molecule has 0 bridgehead atoms. The predicted molar refractivity (Wildman–Crippen MR) is 71.2 cm³/mol. The summed E-state index contributed by atoms with van der Waals surface area (Å²) in [5, 5.41) is 3.04. The van der Waals surface area contributed by atoms with Crippen LogP contribution >= 0.6 is 22.9 Å². The highest BCUT2D eigenvalue weighted by atomic mass is 35.5. The standard InChI is InChI=1S/C12H17ClN2OS/c1-8(9-3-4-10(13)17-9)15-11(16)12(7-14)5-2-6-12/h3-4,8H,2,5-7,14H2,1H3,(H,15,16). The van der Waals surface area contributed by atoms with E-state index in [9.17, 15) is 4.79 Å². The number of rotatable bonds is 4. The first-order valence-electron chi connectivity index (χ1n) is 5.84. The molecule has 1 atom stereocenters. The average Bonchev–Trinajstić information content (AvgIpc) is 2.64. The molecule has 1 amide bonds.